The first-order valence-corrected chi connectivity index (χ1v) is 8.27. The highest BCUT2D eigenvalue weighted by atomic mass is 15.0. The Morgan fingerprint density at radius 3 is 2.88 bits per heavy atom. The molecular formula is C20H18N4. The Hall–Kier alpha value is -2.93. The van der Waals surface area contributed by atoms with Gasteiger partial charge in [-0.3, -0.25) is 4.98 Å². The molecule has 0 aliphatic heterocycles. The van der Waals surface area contributed by atoms with Gasteiger partial charge in [0.15, 0.2) is 0 Å². The molecule has 0 N–H and O–H groups in total. The molecule has 1 aromatic carbocycles. The summed E-state index contributed by atoms with van der Waals surface area (Å²) in [6.45, 7) is 0.972. The Bertz CT molecular complexity index is 904. The van der Waals surface area contributed by atoms with Crippen LogP contribution < -0.4 is 0 Å². The lowest BCUT2D eigenvalue weighted by atomic mass is 9.84. The summed E-state index contributed by atoms with van der Waals surface area (Å²) >= 11 is 0. The number of nitrogens with zero attached hydrogens (tertiary/aromatic N) is 4. The van der Waals surface area contributed by atoms with Crippen LogP contribution in [0.1, 0.15) is 23.1 Å². The molecule has 1 aliphatic rings. The topological polar surface area (TPSA) is 54.5 Å². The van der Waals surface area contributed by atoms with Crippen LogP contribution in [-0.4, -0.2) is 14.5 Å². The van der Waals surface area contributed by atoms with Gasteiger partial charge in [-0.25, -0.2) is 4.98 Å². The van der Waals surface area contributed by atoms with Crippen molar-refractivity contribution >= 4 is 0 Å². The van der Waals surface area contributed by atoms with Crippen molar-refractivity contribution in [3.63, 3.8) is 0 Å². The van der Waals surface area contributed by atoms with Gasteiger partial charge in [0.2, 0.25) is 0 Å². The molecule has 4 heteroatoms. The van der Waals surface area contributed by atoms with E-state index in [1.807, 2.05) is 12.5 Å². The summed E-state index contributed by atoms with van der Waals surface area (Å²) in [5, 5.41) is 9.01. The lowest BCUT2D eigenvalue weighted by molar-refractivity contribution is 0.395. The van der Waals surface area contributed by atoms with Crippen LogP contribution in [-0.2, 0) is 19.4 Å². The van der Waals surface area contributed by atoms with Gasteiger partial charge in [0.05, 0.1) is 23.7 Å². The van der Waals surface area contributed by atoms with Gasteiger partial charge in [0.25, 0.3) is 0 Å². The molecule has 0 saturated carbocycles. The minimum atomic E-state index is 0.610. The lowest BCUT2D eigenvalue weighted by Gasteiger charge is -2.24. The summed E-state index contributed by atoms with van der Waals surface area (Å²) in [6, 6.07) is 14.4. The second kappa shape index (κ2) is 6.29. The quantitative estimate of drug-likeness (QED) is 0.742. The van der Waals surface area contributed by atoms with E-state index in [0.29, 0.717) is 11.5 Å². The van der Waals surface area contributed by atoms with E-state index in [-0.39, 0.29) is 0 Å². The maximum atomic E-state index is 9.01. The number of benzene rings is 1. The summed E-state index contributed by atoms with van der Waals surface area (Å²) in [4.78, 5) is 8.78. The fourth-order valence-corrected chi connectivity index (χ4v) is 3.46. The second-order valence-electron chi connectivity index (χ2n) is 6.37. The first-order valence-electron chi connectivity index (χ1n) is 8.27. The largest absolute Gasteiger partial charge is 0.336 e. The predicted molar refractivity (Wildman–Crippen MR) is 92.1 cm³/mol. The van der Waals surface area contributed by atoms with Gasteiger partial charge >= 0.3 is 0 Å². The van der Waals surface area contributed by atoms with Crippen LogP contribution >= 0.6 is 0 Å². The number of aryl methyl sites for hydroxylation is 1. The summed E-state index contributed by atoms with van der Waals surface area (Å²) in [5.41, 5.74) is 5.17. The van der Waals surface area contributed by atoms with Crippen LogP contribution in [0.4, 0.5) is 0 Å². The summed E-state index contributed by atoms with van der Waals surface area (Å²) in [7, 11) is 0. The number of imidazole rings is 1. The monoisotopic (exact) mass is 314 g/mol. The van der Waals surface area contributed by atoms with E-state index >= 15 is 0 Å². The molecule has 0 amide bonds. The molecule has 1 unspecified atom stereocenters. The molecular weight excluding hydrogens is 296 g/mol. The third-order valence-electron chi connectivity index (χ3n) is 4.70. The first kappa shape index (κ1) is 14.6. The SMILES string of the molecule is N#Cc1ccnc(-c2cn(CC3CCc4ccccc4C3)cn2)c1. The molecule has 4 rings (SSSR count). The molecule has 0 fully saturated rings. The van der Waals surface area contributed by atoms with E-state index < -0.39 is 0 Å². The van der Waals surface area contributed by atoms with Crippen molar-refractivity contribution in [1.29, 1.82) is 5.26 Å². The molecule has 0 radical (unpaired) electrons. The minimum Gasteiger partial charge on any atom is -0.336 e. The van der Waals surface area contributed by atoms with E-state index in [1.165, 1.54) is 17.5 Å². The Morgan fingerprint density at radius 1 is 1.12 bits per heavy atom. The fraction of sp³-hybridized carbons (Fsp3) is 0.250. The van der Waals surface area contributed by atoms with Crippen LogP contribution in [0.25, 0.3) is 11.4 Å². The maximum absolute atomic E-state index is 9.01. The zero-order valence-corrected chi connectivity index (χ0v) is 13.4. The van der Waals surface area contributed by atoms with Crippen molar-refractivity contribution in [2.45, 2.75) is 25.8 Å². The molecule has 0 saturated heterocycles. The molecule has 3 aromatic rings. The van der Waals surface area contributed by atoms with E-state index in [2.05, 4.69) is 44.9 Å². The van der Waals surface area contributed by atoms with Crippen molar-refractivity contribution in [1.82, 2.24) is 14.5 Å². The molecule has 2 aromatic heterocycles. The number of aromatic nitrogens is 3. The predicted octanol–water partition coefficient (Wildman–Crippen LogP) is 3.62. The Labute approximate surface area is 141 Å². The number of fused-ring (bicyclic) bond motifs is 1. The Kier molecular flexibility index (Phi) is 3.84. The van der Waals surface area contributed by atoms with Gasteiger partial charge in [-0.05, 0) is 48.4 Å². The number of rotatable bonds is 3. The molecule has 24 heavy (non-hydrogen) atoms. The average molecular weight is 314 g/mol. The van der Waals surface area contributed by atoms with Gasteiger partial charge < -0.3 is 4.57 Å². The average Bonchev–Trinajstić information content (AvgIpc) is 3.10. The third-order valence-corrected chi connectivity index (χ3v) is 4.70. The van der Waals surface area contributed by atoms with Crippen molar-refractivity contribution < 1.29 is 0 Å². The van der Waals surface area contributed by atoms with Crippen molar-refractivity contribution in [3.05, 3.63) is 71.8 Å². The zero-order chi connectivity index (χ0) is 16.4. The number of hydrogen-bond acceptors (Lipinski definition) is 3. The van der Waals surface area contributed by atoms with E-state index in [1.54, 1.807) is 18.3 Å². The van der Waals surface area contributed by atoms with Crippen molar-refractivity contribution in [2.24, 2.45) is 5.92 Å². The zero-order valence-electron chi connectivity index (χ0n) is 13.4. The number of hydrogen-bond donors (Lipinski definition) is 0. The van der Waals surface area contributed by atoms with Crippen LogP contribution in [0.5, 0.6) is 0 Å². The molecule has 2 heterocycles. The third kappa shape index (κ3) is 2.93. The molecule has 1 aliphatic carbocycles. The Balaban J connectivity index is 1.49. The van der Waals surface area contributed by atoms with Gasteiger partial charge in [0, 0.05) is 18.9 Å². The molecule has 0 bridgehead atoms. The summed E-state index contributed by atoms with van der Waals surface area (Å²) in [5.74, 6) is 0.639. The van der Waals surface area contributed by atoms with E-state index in [9.17, 15) is 0 Å². The van der Waals surface area contributed by atoms with Crippen LogP contribution in [0.2, 0.25) is 0 Å². The molecule has 0 spiro atoms. The van der Waals surface area contributed by atoms with Crippen LogP contribution in [0, 0.1) is 17.2 Å². The molecule has 118 valence electrons. The first-order chi connectivity index (χ1) is 11.8. The van der Waals surface area contributed by atoms with E-state index in [4.69, 9.17) is 5.26 Å². The van der Waals surface area contributed by atoms with Crippen LogP contribution in [0.3, 0.4) is 0 Å². The van der Waals surface area contributed by atoms with Crippen molar-refractivity contribution in [2.75, 3.05) is 0 Å². The maximum Gasteiger partial charge on any atom is 0.107 e. The van der Waals surface area contributed by atoms with Gasteiger partial charge in [-0.15, -0.1) is 0 Å². The highest BCUT2D eigenvalue weighted by Crippen LogP contribution is 2.27. The molecule has 1 atom stereocenters. The van der Waals surface area contributed by atoms with Gasteiger partial charge in [-0.2, -0.15) is 5.26 Å². The normalized spacial score (nSPS) is 16.4. The summed E-state index contributed by atoms with van der Waals surface area (Å²) in [6.07, 6.45) is 9.07. The lowest BCUT2D eigenvalue weighted by Crippen LogP contribution is -2.18. The Morgan fingerprint density at radius 2 is 2.00 bits per heavy atom. The highest BCUT2D eigenvalue weighted by molar-refractivity contribution is 5.55. The number of nitriles is 1. The summed E-state index contributed by atoms with van der Waals surface area (Å²) < 4.78 is 2.15. The van der Waals surface area contributed by atoms with Crippen LogP contribution in [0.15, 0.2) is 55.1 Å². The fourth-order valence-electron chi connectivity index (χ4n) is 3.46. The number of pyridine rings is 1. The smallest absolute Gasteiger partial charge is 0.107 e. The van der Waals surface area contributed by atoms with Crippen molar-refractivity contribution in [3.8, 4) is 17.5 Å². The van der Waals surface area contributed by atoms with Gasteiger partial charge in [-0.1, -0.05) is 24.3 Å². The molecule has 4 nitrogen and oxygen atoms in total. The standard InChI is InChI=1S/C20H18N4/c21-11-15-7-8-22-19(10-15)20-13-24(14-23-20)12-16-5-6-17-3-1-2-4-18(17)9-16/h1-4,7-8,10,13-14,16H,5-6,9,12H2. The highest BCUT2D eigenvalue weighted by Gasteiger charge is 2.18. The second-order valence-corrected chi connectivity index (χ2v) is 6.37. The van der Waals surface area contributed by atoms with Gasteiger partial charge in [0.1, 0.15) is 5.69 Å². The minimum absolute atomic E-state index is 0.610. The van der Waals surface area contributed by atoms with E-state index in [0.717, 1.165) is 30.8 Å².